The Labute approximate surface area is 115 Å². The maximum Gasteiger partial charge on any atom is 0.00385 e. The summed E-state index contributed by atoms with van der Waals surface area (Å²) in [5, 5.41) is 0. The molecule has 0 aromatic carbocycles. The Kier molecular flexibility index (Phi) is 6.17. The van der Waals surface area contributed by atoms with Gasteiger partial charge in [0.25, 0.3) is 0 Å². The molecular weight excluding hydrogens is 218 g/mol. The topological polar surface area (TPSA) is 3.24 Å². The van der Waals surface area contributed by atoms with Crippen LogP contribution in [0.2, 0.25) is 0 Å². The van der Waals surface area contributed by atoms with Crippen LogP contribution in [0.5, 0.6) is 0 Å². The van der Waals surface area contributed by atoms with Gasteiger partial charge < -0.3 is 4.90 Å². The third-order valence-electron chi connectivity index (χ3n) is 5.32. The Morgan fingerprint density at radius 1 is 1.06 bits per heavy atom. The largest absolute Gasteiger partial charge is 0.301 e. The van der Waals surface area contributed by atoms with E-state index in [9.17, 15) is 0 Å². The summed E-state index contributed by atoms with van der Waals surface area (Å²) >= 11 is 0. The molecule has 0 amide bonds. The Morgan fingerprint density at radius 2 is 1.61 bits per heavy atom. The molecule has 1 aliphatic rings. The zero-order chi connectivity index (χ0) is 13.8. The average molecular weight is 253 g/mol. The predicted molar refractivity (Wildman–Crippen MR) is 81.9 cm³/mol. The van der Waals surface area contributed by atoms with Gasteiger partial charge in [-0.3, -0.25) is 0 Å². The second-order valence-electron chi connectivity index (χ2n) is 7.39. The lowest BCUT2D eigenvalue weighted by molar-refractivity contribution is 0.0811. The van der Waals surface area contributed by atoms with Crippen molar-refractivity contribution >= 4 is 0 Å². The van der Waals surface area contributed by atoms with Crippen molar-refractivity contribution in [2.24, 2.45) is 17.3 Å². The smallest absolute Gasteiger partial charge is 0.00385 e. The highest BCUT2D eigenvalue weighted by Crippen LogP contribution is 2.38. The van der Waals surface area contributed by atoms with Crippen LogP contribution < -0.4 is 0 Å². The summed E-state index contributed by atoms with van der Waals surface area (Å²) in [5.41, 5.74) is 0.619. The first-order chi connectivity index (χ1) is 8.38. The van der Waals surface area contributed by atoms with Crippen LogP contribution in [-0.2, 0) is 0 Å². The van der Waals surface area contributed by atoms with Crippen molar-refractivity contribution in [2.45, 2.75) is 79.7 Å². The highest BCUT2D eigenvalue weighted by atomic mass is 15.1. The Morgan fingerprint density at radius 3 is 2.00 bits per heavy atom. The van der Waals surface area contributed by atoms with E-state index in [2.05, 4.69) is 46.4 Å². The number of nitrogens with zero attached hydrogens (tertiary/aromatic N) is 1. The van der Waals surface area contributed by atoms with Crippen LogP contribution in [0, 0.1) is 17.3 Å². The van der Waals surface area contributed by atoms with Gasteiger partial charge in [0.2, 0.25) is 0 Å². The molecule has 1 aliphatic heterocycles. The molecule has 1 heterocycles. The molecule has 1 unspecified atom stereocenters. The van der Waals surface area contributed by atoms with Crippen LogP contribution in [0.1, 0.15) is 73.6 Å². The van der Waals surface area contributed by atoms with E-state index in [4.69, 9.17) is 0 Å². The van der Waals surface area contributed by atoms with Gasteiger partial charge in [-0.1, -0.05) is 34.1 Å². The van der Waals surface area contributed by atoms with Gasteiger partial charge in [0, 0.05) is 6.04 Å². The normalized spacial score (nSPS) is 22.7. The highest BCUT2D eigenvalue weighted by molar-refractivity contribution is 4.84. The molecule has 0 bridgehead atoms. The number of rotatable bonds is 6. The summed E-state index contributed by atoms with van der Waals surface area (Å²) in [6.07, 6.45) is 7.03. The van der Waals surface area contributed by atoms with Gasteiger partial charge in [-0.15, -0.1) is 0 Å². The fourth-order valence-electron chi connectivity index (χ4n) is 3.37. The molecule has 0 N–H and O–H groups in total. The maximum absolute atomic E-state index is 2.64. The van der Waals surface area contributed by atoms with E-state index in [-0.39, 0.29) is 0 Å². The van der Waals surface area contributed by atoms with E-state index in [1.807, 2.05) is 0 Å². The Balaban J connectivity index is 2.38. The van der Waals surface area contributed by atoms with E-state index < -0.39 is 0 Å². The minimum absolute atomic E-state index is 0.619. The average Bonchev–Trinajstić information content (AvgIpc) is 2.29. The predicted octanol–water partition coefficient (Wildman–Crippen LogP) is 4.96. The molecule has 0 aliphatic carbocycles. The Hall–Kier alpha value is -0.0400. The van der Waals surface area contributed by atoms with Gasteiger partial charge in [0.05, 0.1) is 0 Å². The van der Waals surface area contributed by atoms with E-state index >= 15 is 0 Å². The van der Waals surface area contributed by atoms with Crippen molar-refractivity contribution < 1.29 is 0 Å². The molecule has 1 nitrogen and oxygen atoms in total. The van der Waals surface area contributed by atoms with Crippen LogP contribution in [0.15, 0.2) is 0 Å². The van der Waals surface area contributed by atoms with Crippen LogP contribution in [0.3, 0.4) is 0 Å². The number of likely N-dealkylation sites (tertiary alicyclic amines) is 1. The molecule has 0 aromatic heterocycles. The molecule has 1 heteroatoms. The van der Waals surface area contributed by atoms with Gasteiger partial charge in [-0.2, -0.15) is 0 Å². The standard InChI is InChI=1S/C17H35N/c1-7-16(14(2)3)8-9-17(6)10-12-18(13-11-17)15(4)5/h14-16H,7-13H2,1-6H3. The van der Waals surface area contributed by atoms with Crippen molar-refractivity contribution in [3.05, 3.63) is 0 Å². The summed E-state index contributed by atoms with van der Waals surface area (Å²) in [5.74, 6) is 1.79. The molecule has 18 heavy (non-hydrogen) atoms. The molecule has 0 aromatic rings. The molecule has 0 saturated carbocycles. The molecule has 108 valence electrons. The maximum atomic E-state index is 2.64. The molecule has 0 spiro atoms. The zero-order valence-corrected chi connectivity index (χ0v) is 13.6. The zero-order valence-electron chi connectivity index (χ0n) is 13.6. The Bertz CT molecular complexity index is 224. The second kappa shape index (κ2) is 6.93. The third-order valence-corrected chi connectivity index (χ3v) is 5.32. The first kappa shape index (κ1) is 16.0. The molecule has 1 rings (SSSR count). The summed E-state index contributed by atoms with van der Waals surface area (Å²) in [6.45, 7) is 16.9. The van der Waals surface area contributed by atoms with Crippen LogP contribution in [0.4, 0.5) is 0 Å². The van der Waals surface area contributed by atoms with E-state index in [1.165, 1.54) is 45.2 Å². The lowest BCUT2D eigenvalue weighted by Gasteiger charge is -2.42. The minimum Gasteiger partial charge on any atom is -0.301 e. The number of piperidine rings is 1. The SMILES string of the molecule is CCC(CCC1(C)CCN(C(C)C)CC1)C(C)C. The molecule has 1 atom stereocenters. The fraction of sp³-hybridized carbons (Fsp3) is 1.00. The molecule has 0 radical (unpaired) electrons. The van der Waals surface area contributed by atoms with Gasteiger partial charge in [-0.05, 0) is 69.9 Å². The van der Waals surface area contributed by atoms with Crippen LogP contribution in [0.25, 0.3) is 0 Å². The fourth-order valence-corrected chi connectivity index (χ4v) is 3.37. The van der Waals surface area contributed by atoms with Crippen LogP contribution >= 0.6 is 0 Å². The lowest BCUT2D eigenvalue weighted by Crippen LogP contribution is -2.42. The van der Waals surface area contributed by atoms with Gasteiger partial charge in [0.15, 0.2) is 0 Å². The quantitative estimate of drug-likeness (QED) is 0.647. The van der Waals surface area contributed by atoms with Crippen molar-refractivity contribution in [1.82, 2.24) is 4.90 Å². The first-order valence-corrected chi connectivity index (χ1v) is 8.12. The number of hydrogen-bond acceptors (Lipinski definition) is 1. The van der Waals surface area contributed by atoms with Gasteiger partial charge in [-0.25, -0.2) is 0 Å². The van der Waals surface area contributed by atoms with Gasteiger partial charge in [0.1, 0.15) is 0 Å². The van der Waals surface area contributed by atoms with Gasteiger partial charge >= 0.3 is 0 Å². The monoisotopic (exact) mass is 253 g/mol. The van der Waals surface area contributed by atoms with E-state index in [0.29, 0.717) is 5.41 Å². The second-order valence-corrected chi connectivity index (χ2v) is 7.39. The summed E-state index contributed by atoms with van der Waals surface area (Å²) < 4.78 is 0. The summed E-state index contributed by atoms with van der Waals surface area (Å²) in [7, 11) is 0. The van der Waals surface area contributed by atoms with Crippen molar-refractivity contribution in [2.75, 3.05) is 13.1 Å². The van der Waals surface area contributed by atoms with Crippen molar-refractivity contribution in [3.63, 3.8) is 0 Å². The third kappa shape index (κ3) is 4.57. The van der Waals surface area contributed by atoms with Crippen molar-refractivity contribution in [1.29, 1.82) is 0 Å². The van der Waals surface area contributed by atoms with E-state index in [1.54, 1.807) is 0 Å². The lowest BCUT2D eigenvalue weighted by atomic mass is 9.73. The summed E-state index contributed by atoms with van der Waals surface area (Å²) in [6, 6.07) is 0.730. The van der Waals surface area contributed by atoms with E-state index in [0.717, 1.165) is 17.9 Å². The van der Waals surface area contributed by atoms with Crippen molar-refractivity contribution in [3.8, 4) is 0 Å². The van der Waals surface area contributed by atoms with Crippen LogP contribution in [-0.4, -0.2) is 24.0 Å². The molecule has 1 fully saturated rings. The first-order valence-electron chi connectivity index (χ1n) is 8.12. The summed E-state index contributed by atoms with van der Waals surface area (Å²) in [4.78, 5) is 2.64. The highest BCUT2D eigenvalue weighted by Gasteiger charge is 2.31. The number of hydrogen-bond donors (Lipinski definition) is 0. The minimum atomic E-state index is 0.619. The molecular formula is C17H35N. The molecule has 1 saturated heterocycles.